The monoisotopic (exact) mass is 699 g/mol. The Morgan fingerprint density at radius 2 is 1.48 bits per heavy atom. The summed E-state index contributed by atoms with van der Waals surface area (Å²) in [6.07, 6.45) is 1.84. The van der Waals surface area contributed by atoms with Crippen LogP contribution in [0.2, 0.25) is 15.1 Å². The second-order valence-electron chi connectivity index (χ2n) is 10.8. The number of sulfonamides is 1. The standard InChI is InChI=1S/C35H36Cl3N3O4S/c1-3-4-20-39-35(43)33(22-26-12-7-5-8-13-26)40(23-27-18-19-30(37)31(38)21-27)34(42)24-41(32-17-11-16-29(36)25(32)2)46(44,45)28-14-9-6-10-15-28/h5-19,21,33H,3-4,20,22-24H2,1-2H3,(H,39,43)/t33-/m1/s1. The SMILES string of the molecule is CCCCNC(=O)[C@@H](Cc1ccccc1)N(Cc1ccc(Cl)c(Cl)c1)C(=O)CN(c1cccc(Cl)c1C)S(=O)(=O)c1ccccc1. The molecule has 0 saturated carbocycles. The van der Waals surface area contributed by atoms with Crippen molar-refractivity contribution in [2.75, 3.05) is 17.4 Å². The van der Waals surface area contributed by atoms with Gasteiger partial charge in [0.25, 0.3) is 10.0 Å². The Balaban J connectivity index is 1.83. The van der Waals surface area contributed by atoms with E-state index in [9.17, 15) is 18.0 Å². The first-order chi connectivity index (χ1) is 22.0. The molecule has 7 nitrogen and oxygen atoms in total. The van der Waals surface area contributed by atoms with E-state index in [1.54, 1.807) is 61.5 Å². The summed E-state index contributed by atoms with van der Waals surface area (Å²) in [5.41, 5.74) is 2.21. The van der Waals surface area contributed by atoms with Gasteiger partial charge >= 0.3 is 0 Å². The second kappa shape index (κ2) is 16.3. The molecule has 1 atom stereocenters. The quantitative estimate of drug-likeness (QED) is 0.137. The zero-order valence-corrected chi connectivity index (χ0v) is 28.7. The molecule has 0 spiro atoms. The Labute approximate surface area is 286 Å². The third-order valence-corrected chi connectivity index (χ3v) is 10.5. The lowest BCUT2D eigenvalue weighted by Gasteiger charge is -2.34. The van der Waals surface area contributed by atoms with Crippen LogP contribution in [-0.2, 0) is 32.6 Å². The van der Waals surface area contributed by atoms with Crippen LogP contribution >= 0.6 is 34.8 Å². The van der Waals surface area contributed by atoms with Crippen LogP contribution in [0.5, 0.6) is 0 Å². The zero-order chi connectivity index (χ0) is 33.3. The zero-order valence-electron chi connectivity index (χ0n) is 25.6. The molecule has 4 aromatic rings. The molecule has 0 fully saturated rings. The summed E-state index contributed by atoms with van der Waals surface area (Å²) in [4.78, 5) is 29.9. The largest absolute Gasteiger partial charge is 0.354 e. The minimum absolute atomic E-state index is 0.0105. The molecule has 0 aliphatic carbocycles. The summed E-state index contributed by atoms with van der Waals surface area (Å²) in [6, 6.07) is 26.2. The van der Waals surface area contributed by atoms with E-state index in [-0.39, 0.29) is 29.5 Å². The highest BCUT2D eigenvalue weighted by molar-refractivity contribution is 7.92. The Morgan fingerprint density at radius 3 is 2.13 bits per heavy atom. The van der Waals surface area contributed by atoms with Gasteiger partial charge in [-0.2, -0.15) is 0 Å². The van der Waals surface area contributed by atoms with Crippen LogP contribution in [-0.4, -0.2) is 44.3 Å². The molecule has 46 heavy (non-hydrogen) atoms. The highest BCUT2D eigenvalue weighted by Crippen LogP contribution is 2.31. The lowest BCUT2D eigenvalue weighted by Crippen LogP contribution is -2.53. The van der Waals surface area contributed by atoms with Crippen LogP contribution in [0, 0.1) is 6.92 Å². The number of unbranched alkanes of at least 4 members (excludes halogenated alkanes) is 1. The fraction of sp³-hybridized carbons (Fsp3) is 0.257. The van der Waals surface area contributed by atoms with Crippen LogP contribution in [0.4, 0.5) is 5.69 Å². The van der Waals surface area contributed by atoms with Crippen molar-refractivity contribution in [2.45, 2.75) is 50.6 Å². The molecule has 0 aliphatic heterocycles. The molecule has 0 radical (unpaired) electrons. The van der Waals surface area contributed by atoms with Gasteiger partial charge in [-0.1, -0.05) is 109 Å². The van der Waals surface area contributed by atoms with Gasteiger partial charge in [-0.25, -0.2) is 8.42 Å². The second-order valence-corrected chi connectivity index (χ2v) is 13.9. The molecule has 0 aliphatic rings. The first-order valence-electron chi connectivity index (χ1n) is 14.9. The van der Waals surface area contributed by atoms with Crippen molar-refractivity contribution in [1.82, 2.24) is 10.2 Å². The smallest absolute Gasteiger partial charge is 0.264 e. The maximum atomic E-state index is 14.6. The summed E-state index contributed by atoms with van der Waals surface area (Å²) >= 11 is 19.0. The number of hydrogen-bond donors (Lipinski definition) is 1. The van der Waals surface area contributed by atoms with E-state index in [4.69, 9.17) is 34.8 Å². The molecule has 0 bridgehead atoms. The molecule has 0 saturated heterocycles. The summed E-state index contributed by atoms with van der Waals surface area (Å²) in [7, 11) is -4.24. The first-order valence-corrected chi connectivity index (χ1v) is 17.5. The lowest BCUT2D eigenvalue weighted by molar-refractivity contribution is -0.140. The van der Waals surface area contributed by atoms with Gasteiger partial charge in [0, 0.05) is 24.5 Å². The van der Waals surface area contributed by atoms with Crippen molar-refractivity contribution in [1.29, 1.82) is 0 Å². The Bertz CT molecular complexity index is 1760. The molecule has 0 aromatic heterocycles. The molecule has 2 amide bonds. The maximum Gasteiger partial charge on any atom is 0.264 e. The number of hydrogen-bond acceptors (Lipinski definition) is 4. The van der Waals surface area contributed by atoms with Gasteiger partial charge < -0.3 is 10.2 Å². The number of halogens is 3. The van der Waals surface area contributed by atoms with Gasteiger partial charge in [0.05, 0.1) is 20.6 Å². The molecular formula is C35H36Cl3N3O4S. The van der Waals surface area contributed by atoms with E-state index in [1.165, 1.54) is 17.0 Å². The molecule has 4 rings (SSSR count). The number of carbonyl (C=O) groups excluding carboxylic acids is 2. The fourth-order valence-corrected chi connectivity index (χ4v) is 6.98. The molecule has 242 valence electrons. The van der Waals surface area contributed by atoms with Crippen molar-refractivity contribution in [3.05, 3.63) is 129 Å². The van der Waals surface area contributed by atoms with Crippen molar-refractivity contribution in [3.63, 3.8) is 0 Å². The number of nitrogens with one attached hydrogen (secondary N) is 1. The molecule has 1 N–H and O–H groups in total. The molecular weight excluding hydrogens is 665 g/mol. The van der Waals surface area contributed by atoms with Crippen LogP contribution in [0.25, 0.3) is 0 Å². The van der Waals surface area contributed by atoms with Gasteiger partial charge in [0.2, 0.25) is 11.8 Å². The average molecular weight is 701 g/mol. The third-order valence-electron chi connectivity index (χ3n) is 7.56. The van der Waals surface area contributed by atoms with Crippen LogP contribution in [0.3, 0.4) is 0 Å². The number of anilines is 1. The van der Waals surface area contributed by atoms with Crippen molar-refractivity contribution in [2.24, 2.45) is 0 Å². The van der Waals surface area contributed by atoms with Gasteiger partial charge in [0.15, 0.2) is 0 Å². The van der Waals surface area contributed by atoms with Crippen molar-refractivity contribution < 1.29 is 18.0 Å². The molecule has 11 heteroatoms. The average Bonchev–Trinajstić information content (AvgIpc) is 3.05. The van der Waals surface area contributed by atoms with E-state index >= 15 is 0 Å². The van der Waals surface area contributed by atoms with E-state index in [0.29, 0.717) is 32.7 Å². The first kappa shape index (κ1) is 35.3. The fourth-order valence-electron chi connectivity index (χ4n) is 4.99. The van der Waals surface area contributed by atoms with E-state index < -0.39 is 28.5 Å². The maximum absolute atomic E-state index is 14.6. The molecule has 0 unspecified atom stereocenters. The predicted molar refractivity (Wildman–Crippen MR) is 186 cm³/mol. The topological polar surface area (TPSA) is 86.8 Å². The normalized spacial score (nSPS) is 11.9. The van der Waals surface area contributed by atoms with E-state index in [2.05, 4.69) is 5.32 Å². The summed E-state index contributed by atoms with van der Waals surface area (Å²) in [5, 5.41) is 3.96. The Hall–Kier alpha value is -3.56. The van der Waals surface area contributed by atoms with Gasteiger partial charge in [-0.15, -0.1) is 0 Å². The number of nitrogens with zero attached hydrogens (tertiary/aromatic N) is 2. The number of carbonyl (C=O) groups is 2. The summed E-state index contributed by atoms with van der Waals surface area (Å²) in [6.45, 7) is 3.54. The Kier molecular flexibility index (Phi) is 12.5. The van der Waals surface area contributed by atoms with Gasteiger partial charge in [0.1, 0.15) is 12.6 Å². The van der Waals surface area contributed by atoms with Crippen molar-refractivity contribution >= 4 is 62.3 Å². The van der Waals surface area contributed by atoms with E-state index in [1.807, 2.05) is 37.3 Å². The van der Waals surface area contributed by atoms with Crippen LogP contribution < -0.4 is 9.62 Å². The van der Waals surface area contributed by atoms with Gasteiger partial charge in [-0.05, 0) is 66.4 Å². The Morgan fingerprint density at radius 1 is 0.804 bits per heavy atom. The van der Waals surface area contributed by atoms with Crippen LogP contribution in [0.1, 0.15) is 36.5 Å². The van der Waals surface area contributed by atoms with Crippen molar-refractivity contribution in [3.8, 4) is 0 Å². The highest BCUT2D eigenvalue weighted by atomic mass is 35.5. The summed E-state index contributed by atoms with van der Waals surface area (Å²) in [5.74, 6) is -0.932. The molecule has 4 aromatic carbocycles. The number of rotatable bonds is 14. The number of benzene rings is 4. The molecule has 0 heterocycles. The van der Waals surface area contributed by atoms with Crippen LogP contribution in [0.15, 0.2) is 102 Å². The highest BCUT2D eigenvalue weighted by Gasteiger charge is 2.35. The minimum Gasteiger partial charge on any atom is -0.354 e. The minimum atomic E-state index is -4.24. The predicted octanol–water partition coefficient (Wildman–Crippen LogP) is 7.71. The summed E-state index contributed by atoms with van der Waals surface area (Å²) < 4.78 is 29.4. The van der Waals surface area contributed by atoms with Gasteiger partial charge in [-0.3, -0.25) is 13.9 Å². The third kappa shape index (κ3) is 8.82. The van der Waals surface area contributed by atoms with E-state index in [0.717, 1.165) is 22.7 Å². The lowest BCUT2D eigenvalue weighted by atomic mass is 10.0. The number of amides is 2.